The van der Waals surface area contributed by atoms with Crippen molar-refractivity contribution in [3.8, 4) is 5.75 Å². The fraction of sp³-hybridized carbons (Fsp3) is 0.364. The highest BCUT2D eigenvalue weighted by Gasteiger charge is 2.45. The molecule has 2 amide bonds. The molecule has 0 bridgehead atoms. The number of anilines is 2. The number of carbonyl (C=O) groups excluding carboxylic acids is 2. The van der Waals surface area contributed by atoms with Gasteiger partial charge in [-0.2, -0.15) is 0 Å². The molecule has 1 N–H and O–H groups in total. The van der Waals surface area contributed by atoms with Crippen LogP contribution in [0.5, 0.6) is 5.75 Å². The first-order valence-electron chi connectivity index (χ1n) is 14.4. The van der Waals surface area contributed by atoms with Crippen LogP contribution in [0.1, 0.15) is 37.6 Å². The lowest BCUT2D eigenvalue weighted by molar-refractivity contribution is -0.137. The number of nitrogens with zero attached hydrogens (tertiary/aromatic N) is 3. The van der Waals surface area contributed by atoms with Crippen molar-refractivity contribution in [2.24, 2.45) is 5.41 Å². The van der Waals surface area contributed by atoms with E-state index in [0.29, 0.717) is 31.1 Å². The van der Waals surface area contributed by atoms with Crippen LogP contribution in [0.2, 0.25) is 0 Å². The van der Waals surface area contributed by atoms with Crippen molar-refractivity contribution in [2.45, 2.75) is 46.7 Å². The van der Waals surface area contributed by atoms with Gasteiger partial charge < -0.3 is 24.4 Å². The van der Waals surface area contributed by atoms with E-state index < -0.39 is 5.41 Å². The summed E-state index contributed by atoms with van der Waals surface area (Å²) in [6, 6.07) is 17.4. The molecule has 0 radical (unpaired) electrons. The lowest BCUT2D eigenvalue weighted by Gasteiger charge is -2.27. The van der Waals surface area contributed by atoms with Gasteiger partial charge >= 0.3 is 0 Å². The van der Waals surface area contributed by atoms with Crippen molar-refractivity contribution < 1.29 is 14.3 Å². The first-order valence-corrected chi connectivity index (χ1v) is 15.3. The van der Waals surface area contributed by atoms with Gasteiger partial charge in [-0.1, -0.05) is 18.2 Å². The smallest absolute Gasteiger partial charge is 0.258 e. The molecule has 220 valence electrons. The van der Waals surface area contributed by atoms with Crippen LogP contribution >= 0.6 is 11.3 Å². The first kappa shape index (κ1) is 29.5. The average molecular weight is 587 g/mol. The zero-order chi connectivity index (χ0) is 29.9. The minimum atomic E-state index is -1.13. The van der Waals surface area contributed by atoms with Gasteiger partial charge in [-0.15, -0.1) is 11.3 Å². The largest absolute Gasteiger partial charge is 0.493 e. The van der Waals surface area contributed by atoms with E-state index in [9.17, 15) is 14.4 Å². The van der Waals surface area contributed by atoms with Gasteiger partial charge in [0.25, 0.3) is 5.56 Å². The molecule has 0 spiro atoms. The van der Waals surface area contributed by atoms with Gasteiger partial charge in [0.1, 0.15) is 11.2 Å². The van der Waals surface area contributed by atoms with Crippen LogP contribution in [0.25, 0.3) is 10.8 Å². The summed E-state index contributed by atoms with van der Waals surface area (Å²) >= 11 is 1.73. The molecule has 3 heterocycles. The van der Waals surface area contributed by atoms with E-state index in [1.807, 2.05) is 61.7 Å². The number of benzene rings is 2. The Labute approximate surface area is 250 Å². The second-order valence-electron chi connectivity index (χ2n) is 11.1. The summed E-state index contributed by atoms with van der Waals surface area (Å²) < 4.78 is 7.82. The maximum Gasteiger partial charge on any atom is 0.258 e. The van der Waals surface area contributed by atoms with E-state index in [-0.39, 0.29) is 17.4 Å². The number of pyridine rings is 1. The summed E-state index contributed by atoms with van der Waals surface area (Å²) in [5, 5.41) is 7.34. The predicted molar refractivity (Wildman–Crippen MR) is 170 cm³/mol. The molecule has 0 aliphatic carbocycles. The number of ether oxygens (including phenoxy) is 1. The molecule has 8 nitrogen and oxygen atoms in total. The van der Waals surface area contributed by atoms with Crippen LogP contribution in [0.4, 0.5) is 11.4 Å². The number of aryl methyl sites for hydroxylation is 2. The number of rotatable bonds is 11. The predicted octanol–water partition coefficient (Wildman–Crippen LogP) is 5.22. The van der Waals surface area contributed by atoms with E-state index in [4.69, 9.17) is 4.74 Å². The van der Waals surface area contributed by atoms with Crippen molar-refractivity contribution in [2.75, 3.05) is 36.5 Å². The van der Waals surface area contributed by atoms with Crippen molar-refractivity contribution in [3.63, 3.8) is 0 Å². The number of hydrogen-bond acceptors (Lipinski definition) is 6. The molecule has 0 saturated heterocycles. The minimum absolute atomic E-state index is 0.0516. The van der Waals surface area contributed by atoms with E-state index in [2.05, 4.69) is 16.8 Å². The third-order valence-electron chi connectivity index (χ3n) is 7.93. The molecule has 1 aliphatic rings. The Morgan fingerprint density at radius 1 is 0.976 bits per heavy atom. The molecule has 4 aromatic rings. The van der Waals surface area contributed by atoms with Crippen LogP contribution < -0.4 is 25.4 Å². The SMILES string of the molecule is CCN1C(=O)C(C)(C)C(=O)N(C)c2cc(OCCCNCc3sccc3CCn3ccc4ccccc4c3=O)ccc21. The Hall–Kier alpha value is -3.95. The fourth-order valence-corrected chi connectivity index (χ4v) is 6.36. The van der Waals surface area contributed by atoms with Gasteiger partial charge in [0, 0.05) is 49.2 Å². The average Bonchev–Trinajstić information content (AvgIpc) is 3.44. The zero-order valence-corrected chi connectivity index (χ0v) is 25.5. The molecule has 42 heavy (non-hydrogen) atoms. The van der Waals surface area contributed by atoms with Crippen molar-refractivity contribution in [1.82, 2.24) is 9.88 Å². The number of nitrogens with one attached hydrogen (secondary N) is 1. The van der Waals surface area contributed by atoms with Crippen molar-refractivity contribution in [3.05, 3.63) is 87.0 Å². The third kappa shape index (κ3) is 5.84. The number of thiophene rings is 1. The Kier molecular flexibility index (Phi) is 8.80. The quantitative estimate of drug-likeness (QED) is 0.193. The highest BCUT2D eigenvalue weighted by atomic mass is 32.1. The summed E-state index contributed by atoms with van der Waals surface area (Å²) in [7, 11) is 1.71. The second kappa shape index (κ2) is 12.5. The van der Waals surface area contributed by atoms with Gasteiger partial charge in [-0.3, -0.25) is 14.4 Å². The molecule has 0 fully saturated rings. The molecule has 0 saturated carbocycles. The van der Waals surface area contributed by atoms with Gasteiger partial charge in [0.15, 0.2) is 0 Å². The van der Waals surface area contributed by atoms with E-state index >= 15 is 0 Å². The number of carbonyl (C=O) groups is 2. The first-order chi connectivity index (χ1) is 20.2. The molecule has 1 aliphatic heterocycles. The third-order valence-corrected chi connectivity index (χ3v) is 8.90. The van der Waals surface area contributed by atoms with Crippen molar-refractivity contribution in [1.29, 1.82) is 0 Å². The molecule has 0 unspecified atom stereocenters. The summed E-state index contributed by atoms with van der Waals surface area (Å²) in [6.07, 6.45) is 3.50. The summed E-state index contributed by atoms with van der Waals surface area (Å²) in [5.74, 6) is 0.237. The van der Waals surface area contributed by atoms with Gasteiger partial charge in [0.05, 0.1) is 18.0 Å². The van der Waals surface area contributed by atoms with Gasteiger partial charge in [0.2, 0.25) is 11.8 Å². The minimum Gasteiger partial charge on any atom is -0.493 e. The van der Waals surface area contributed by atoms with Crippen LogP contribution in [-0.2, 0) is 29.1 Å². The number of hydrogen-bond donors (Lipinski definition) is 1. The highest BCUT2D eigenvalue weighted by Crippen LogP contribution is 2.40. The monoisotopic (exact) mass is 586 g/mol. The topological polar surface area (TPSA) is 83.9 Å². The van der Waals surface area contributed by atoms with Crippen LogP contribution in [0, 0.1) is 5.41 Å². The zero-order valence-electron chi connectivity index (χ0n) is 24.7. The molecule has 2 aromatic carbocycles. The normalized spacial score (nSPS) is 14.8. The number of amides is 2. The second-order valence-corrected chi connectivity index (χ2v) is 12.1. The lowest BCUT2D eigenvalue weighted by atomic mass is 9.90. The van der Waals surface area contributed by atoms with Crippen LogP contribution in [-0.4, -0.2) is 43.1 Å². The molecular formula is C33H38N4O4S. The molecule has 2 aromatic heterocycles. The Bertz CT molecular complexity index is 1660. The van der Waals surface area contributed by atoms with E-state index in [1.165, 1.54) is 10.4 Å². The highest BCUT2D eigenvalue weighted by molar-refractivity contribution is 7.10. The van der Waals surface area contributed by atoms with Gasteiger partial charge in [-0.25, -0.2) is 0 Å². The van der Waals surface area contributed by atoms with E-state index in [0.717, 1.165) is 42.4 Å². The summed E-state index contributed by atoms with van der Waals surface area (Å²) in [5.41, 5.74) is 1.57. The Morgan fingerprint density at radius 3 is 2.60 bits per heavy atom. The maximum absolute atomic E-state index is 13.1. The molecule has 5 rings (SSSR count). The number of fused-ring (bicyclic) bond motifs is 2. The van der Waals surface area contributed by atoms with E-state index in [1.54, 1.807) is 46.6 Å². The van der Waals surface area contributed by atoms with Gasteiger partial charge in [-0.05, 0) is 86.8 Å². The summed E-state index contributed by atoms with van der Waals surface area (Å²) in [6.45, 7) is 8.47. The molecule has 0 atom stereocenters. The molecule has 9 heteroatoms. The molecular weight excluding hydrogens is 548 g/mol. The summed E-state index contributed by atoms with van der Waals surface area (Å²) in [4.78, 5) is 43.5. The lowest BCUT2D eigenvalue weighted by Crippen LogP contribution is -2.47. The van der Waals surface area contributed by atoms with Crippen molar-refractivity contribution >= 4 is 45.3 Å². The maximum atomic E-state index is 13.1. The Morgan fingerprint density at radius 2 is 1.79 bits per heavy atom. The number of aromatic nitrogens is 1. The van der Waals surface area contributed by atoms with Crippen LogP contribution in [0.15, 0.2) is 71.0 Å². The van der Waals surface area contributed by atoms with Crippen LogP contribution in [0.3, 0.4) is 0 Å². The Balaban J connectivity index is 1.11. The standard InChI is InChI=1S/C33H38N4O4S/c1-5-37-27-12-11-25(21-28(27)35(4)31(39)33(2,3)32(37)40)41-19-8-16-34-22-29-24(15-20-42-29)14-18-36-17-13-23-9-6-7-10-26(23)30(36)38/h6-7,9-13,15,17,20-21,34H,5,8,14,16,18-19,22H2,1-4H3. The fourth-order valence-electron chi connectivity index (χ4n) is 5.45.